The fourth-order valence-electron chi connectivity index (χ4n) is 3.65. The van der Waals surface area contributed by atoms with Gasteiger partial charge in [0.25, 0.3) is 5.91 Å². The number of aryl methyl sites for hydroxylation is 1. The monoisotopic (exact) mass is 358 g/mol. The molecular formula is C19H22N2O5. The minimum absolute atomic E-state index is 0.200. The number of para-hydroxylation sites is 1. The maximum atomic E-state index is 12.8. The lowest BCUT2D eigenvalue weighted by Gasteiger charge is -2.46. The van der Waals surface area contributed by atoms with E-state index in [4.69, 9.17) is 14.0 Å². The molecule has 1 unspecified atom stereocenters. The average Bonchev–Trinajstić information content (AvgIpc) is 3.12. The summed E-state index contributed by atoms with van der Waals surface area (Å²) in [6.45, 7) is 4.94. The number of carbonyl (C=O) groups excluding carboxylic acids is 1. The van der Waals surface area contributed by atoms with Gasteiger partial charge in [-0.05, 0) is 26.0 Å². The van der Waals surface area contributed by atoms with Gasteiger partial charge < -0.3 is 24.0 Å². The van der Waals surface area contributed by atoms with E-state index in [1.807, 2.05) is 30.3 Å². The molecule has 1 atom stereocenters. The van der Waals surface area contributed by atoms with Gasteiger partial charge in [0.05, 0.1) is 30.9 Å². The van der Waals surface area contributed by atoms with Gasteiger partial charge in [0.2, 0.25) is 0 Å². The van der Waals surface area contributed by atoms with E-state index < -0.39 is 11.2 Å². The molecule has 1 aromatic heterocycles. The lowest BCUT2D eigenvalue weighted by molar-refractivity contribution is -0.0957. The molecule has 7 nitrogen and oxygen atoms in total. The first-order chi connectivity index (χ1) is 12.4. The molecule has 1 spiro atoms. The molecule has 4 rings (SSSR count). The molecule has 7 heteroatoms. The number of likely N-dealkylation sites (tertiary alicyclic amines) is 1. The molecule has 2 aliphatic heterocycles. The quantitative estimate of drug-likeness (QED) is 0.899. The van der Waals surface area contributed by atoms with Gasteiger partial charge in [-0.3, -0.25) is 4.79 Å². The molecule has 1 aromatic carbocycles. The zero-order chi connectivity index (χ0) is 18.4. The van der Waals surface area contributed by atoms with Crippen LogP contribution in [-0.2, 0) is 11.3 Å². The van der Waals surface area contributed by atoms with Crippen molar-refractivity contribution < 1.29 is 23.9 Å². The van der Waals surface area contributed by atoms with Crippen molar-refractivity contribution in [3.63, 3.8) is 0 Å². The number of carbonyl (C=O) groups is 1. The fourth-order valence-corrected chi connectivity index (χ4v) is 3.65. The topological polar surface area (TPSA) is 85.0 Å². The molecular weight excluding hydrogens is 336 g/mol. The van der Waals surface area contributed by atoms with Crippen LogP contribution < -0.4 is 4.74 Å². The van der Waals surface area contributed by atoms with E-state index in [1.54, 1.807) is 18.7 Å². The van der Waals surface area contributed by atoms with Gasteiger partial charge in [-0.1, -0.05) is 23.4 Å². The maximum Gasteiger partial charge on any atom is 0.276 e. The first kappa shape index (κ1) is 17.1. The summed E-state index contributed by atoms with van der Waals surface area (Å²) in [5.41, 5.74) is -0.329. The largest absolute Gasteiger partial charge is 0.489 e. The van der Waals surface area contributed by atoms with Crippen molar-refractivity contribution in [2.75, 3.05) is 19.7 Å². The van der Waals surface area contributed by atoms with Gasteiger partial charge in [0, 0.05) is 6.42 Å². The second-order valence-corrected chi connectivity index (χ2v) is 7.47. The van der Waals surface area contributed by atoms with E-state index in [1.165, 1.54) is 0 Å². The first-order valence-electron chi connectivity index (χ1n) is 8.66. The fraction of sp³-hybridized carbons (Fsp3) is 0.474. The molecule has 3 heterocycles. The Bertz CT molecular complexity index is 809. The Morgan fingerprint density at radius 3 is 2.73 bits per heavy atom. The highest BCUT2D eigenvalue weighted by molar-refractivity contribution is 5.94. The van der Waals surface area contributed by atoms with Crippen LogP contribution in [0.25, 0.3) is 0 Å². The molecule has 0 radical (unpaired) electrons. The summed E-state index contributed by atoms with van der Waals surface area (Å²) < 4.78 is 16.7. The molecule has 0 saturated carbocycles. The van der Waals surface area contributed by atoms with Gasteiger partial charge >= 0.3 is 0 Å². The predicted octanol–water partition coefficient (Wildman–Crippen LogP) is 1.93. The molecule has 2 fully saturated rings. The lowest BCUT2D eigenvalue weighted by Crippen LogP contribution is -2.63. The van der Waals surface area contributed by atoms with E-state index in [-0.39, 0.29) is 18.2 Å². The second kappa shape index (κ2) is 6.10. The van der Waals surface area contributed by atoms with Crippen molar-refractivity contribution in [3.05, 3.63) is 47.3 Å². The molecule has 138 valence electrons. The summed E-state index contributed by atoms with van der Waals surface area (Å²) >= 11 is 0. The molecule has 2 saturated heterocycles. The molecule has 2 aromatic rings. The maximum absolute atomic E-state index is 12.8. The van der Waals surface area contributed by atoms with Crippen molar-refractivity contribution in [2.24, 2.45) is 0 Å². The molecule has 26 heavy (non-hydrogen) atoms. The Morgan fingerprint density at radius 1 is 1.35 bits per heavy atom. The highest BCUT2D eigenvalue weighted by Crippen LogP contribution is 2.40. The van der Waals surface area contributed by atoms with Gasteiger partial charge in [-0.15, -0.1) is 0 Å². The zero-order valence-electron chi connectivity index (χ0n) is 14.9. The third-order valence-electron chi connectivity index (χ3n) is 4.95. The molecule has 1 amide bonds. The predicted molar refractivity (Wildman–Crippen MR) is 91.8 cm³/mol. The van der Waals surface area contributed by atoms with E-state index >= 15 is 0 Å². The first-order valence-corrected chi connectivity index (χ1v) is 8.66. The zero-order valence-corrected chi connectivity index (χ0v) is 14.9. The van der Waals surface area contributed by atoms with E-state index in [9.17, 15) is 9.90 Å². The van der Waals surface area contributed by atoms with Crippen molar-refractivity contribution in [3.8, 4) is 5.75 Å². The number of ether oxygens (including phenoxy) is 2. The standard InChI is InChI=1S/C19H22N2O5/c1-13-15(8-24-14-6-4-3-5-7-14)16(20-26-13)17(22)21-10-19(11-21)9-18(2,23)12-25-19/h3-7,23H,8-12H2,1-2H3. The summed E-state index contributed by atoms with van der Waals surface area (Å²) in [5.74, 6) is 1.09. The summed E-state index contributed by atoms with van der Waals surface area (Å²) in [4.78, 5) is 14.5. The van der Waals surface area contributed by atoms with Gasteiger partial charge in [-0.2, -0.15) is 0 Å². The second-order valence-electron chi connectivity index (χ2n) is 7.47. The number of aromatic nitrogens is 1. The number of nitrogens with zero attached hydrogens (tertiary/aromatic N) is 2. The van der Waals surface area contributed by atoms with Crippen LogP contribution in [0.3, 0.4) is 0 Å². The van der Waals surface area contributed by atoms with Crippen LogP contribution in [0.2, 0.25) is 0 Å². The molecule has 1 N–H and O–H groups in total. The molecule has 0 aliphatic carbocycles. The van der Waals surface area contributed by atoms with Crippen molar-refractivity contribution >= 4 is 5.91 Å². The van der Waals surface area contributed by atoms with Crippen molar-refractivity contribution in [1.82, 2.24) is 10.1 Å². The van der Waals surface area contributed by atoms with Crippen LogP contribution in [0.4, 0.5) is 0 Å². The Kier molecular flexibility index (Phi) is 4.00. The SMILES string of the molecule is Cc1onc(C(=O)N2CC3(C2)CC(C)(O)CO3)c1COc1ccccc1. The Hall–Kier alpha value is -2.38. The number of hydrogen-bond acceptors (Lipinski definition) is 6. The van der Waals surface area contributed by atoms with Crippen LogP contribution in [0, 0.1) is 6.92 Å². The van der Waals surface area contributed by atoms with Crippen LogP contribution >= 0.6 is 0 Å². The van der Waals surface area contributed by atoms with E-state index in [0.717, 1.165) is 5.75 Å². The van der Waals surface area contributed by atoms with E-state index in [2.05, 4.69) is 5.16 Å². The third-order valence-corrected chi connectivity index (χ3v) is 4.95. The van der Waals surface area contributed by atoms with Crippen LogP contribution in [-0.4, -0.2) is 52.0 Å². The number of aliphatic hydroxyl groups is 1. The highest BCUT2D eigenvalue weighted by Gasteiger charge is 2.55. The molecule has 0 bridgehead atoms. The Balaban J connectivity index is 1.43. The Morgan fingerprint density at radius 2 is 2.08 bits per heavy atom. The van der Waals surface area contributed by atoms with Gasteiger partial charge in [0.1, 0.15) is 23.7 Å². The van der Waals surface area contributed by atoms with E-state index in [0.29, 0.717) is 37.4 Å². The summed E-state index contributed by atoms with van der Waals surface area (Å²) in [6.07, 6.45) is 0.533. The summed E-state index contributed by atoms with van der Waals surface area (Å²) in [5, 5.41) is 14.0. The minimum Gasteiger partial charge on any atom is -0.489 e. The summed E-state index contributed by atoms with van der Waals surface area (Å²) in [6, 6.07) is 9.39. The smallest absolute Gasteiger partial charge is 0.276 e. The lowest BCUT2D eigenvalue weighted by atomic mass is 9.85. The summed E-state index contributed by atoms with van der Waals surface area (Å²) in [7, 11) is 0. The average molecular weight is 358 g/mol. The number of benzene rings is 1. The Labute approximate surface area is 151 Å². The van der Waals surface area contributed by atoms with Crippen LogP contribution in [0.15, 0.2) is 34.9 Å². The van der Waals surface area contributed by atoms with Gasteiger partial charge in [0.15, 0.2) is 5.69 Å². The highest BCUT2D eigenvalue weighted by atomic mass is 16.5. The van der Waals surface area contributed by atoms with Gasteiger partial charge in [-0.25, -0.2) is 0 Å². The van der Waals surface area contributed by atoms with Crippen LogP contribution in [0.5, 0.6) is 5.75 Å². The third kappa shape index (κ3) is 3.08. The normalized spacial score (nSPS) is 23.9. The van der Waals surface area contributed by atoms with Crippen LogP contribution in [0.1, 0.15) is 35.2 Å². The van der Waals surface area contributed by atoms with Crippen molar-refractivity contribution in [1.29, 1.82) is 0 Å². The minimum atomic E-state index is -0.825. The number of hydrogen-bond donors (Lipinski definition) is 1. The molecule has 2 aliphatic rings. The van der Waals surface area contributed by atoms with Crippen molar-refractivity contribution in [2.45, 2.75) is 38.1 Å². The number of amides is 1. The number of rotatable bonds is 4.